The van der Waals surface area contributed by atoms with Gasteiger partial charge in [0.1, 0.15) is 6.29 Å². The summed E-state index contributed by atoms with van der Waals surface area (Å²) in [6.45, 7) is 15.2. The predicted octanol–water partition coefficient (Wildman–Crippen LogP) is 9.64. The topological polar surface area (TPSA) is 17.1 Å². The fraction of sp³-hybridized carbons (Fsp3) is 0.567. The Hall–Kier alpha value is -1.89. The molecule has 0 aliphatic rings. The highest BCUT2D eigenvalue weighted by atomic mass is 16.1. The van der Waals surface area contributed by atoms with Crippen molar-refractivity contribution in [2.75, 3.05) is 0 Å². The van der Waals surface area contributed by atoms with Gasteiger partial charge in [0, 0.05) is 5.92 Å². The molecule has 0 heterocycles. The lowest BCUT2D eigenvalue weighted by atomic mass is 10.0. The first-order valence-corrected chi connectivity index (χ1v) is 12.1. The van der Waals surface area contributed by atoms with Gasteiger partial charge in [-0.05, 0) is 99.3 Å². The highest BCUT2D eigenvalue weighted by molar-refractivity contribution is 5.55. The van der Waals surface area contributed by atoms with Crippen molar-refractivity contribution in [3.8, 4) is 0 Å². The number of rotatable bonds is 16. The van der Waals surface area contributed by atoms with Crippen molar-refractivity contribution in [3.05, 3.63) is 70.4 Å². The zero-order valence-electron chi connectivity index (χ0n) is 21.5. The molecule has 1 unspecified atom stereocenters. The number of hydrogen-bond acceptors (Lipinski definition) is 1. The van der Waals surface area contributed by atoms with Crippen molar-refractivity contribution < 1.29 is 4.79 Å². The smallest absolute Gasteiger partial charge is 0.126 e. The van der Waals surface area contributed by atoms with Gasteiger partial charge in [-0.2, -0.15) is 0 Å². The summed E-state index contributed by atoms with van der Waals surface area (Å²) < 4.78 is 0. The molecule has 0 radical (unpaired) electrons. The molecule has 0 N–H and O–H groups in total. The lowest BCUT2D eigenvalue weighted by Crippen LogP contribution is -1.88. The van der Waals surface area contributed by atoms with Crippen LogP contribution >= 0.6 is 0 Å². The maximum Gasteiger partial charge on any atom is 0.126 e. The minimum absolute atomic E-state index is 0.0221. The monoisotopic (exact) mass is 424 g/mol. The molecule has 0 spiro atoms. The Morgan fingerprint density at radius 2 is 1.03 bits per heavy atom. The Balaban J connectivity index is 4.09. The van der Waals surface area contributed by atoms with Crippen LogP contribution < -0.4 is 0 Å². The van der Waals surface area contributed by atoms with E-state index in [2.05, 4.69) is 78.0 Å². The Bertz CT molecular complexity index is 675. The summed E-state index contributed by atoms with van der Waals surface area (Å²) in [5.41, 5.74) is 7.30. The summed E-state index contributed by atoms with van der Waals surface area (Å²) in [6, 6.07) is 0. The van der Waals surface area contributed by atoms with Crippen molar-refractivity contribution in [1.82, 2.24) is 0 Å². The molecule has 0 saturated carbocycles. The number of carbonyl (C=O) groups excluding carboxylic acids is 1. The van der Waals surface area contributed by atoms with E-state index in [9.17, 15) is 4.79 Å². The Morgan fingerprint density at radius 3 is 1.48 bits per heavy atom. The number of unbranched alkanes of at least 4 members (excludes halogenated alkanes) is 1. The van der Waals surface area contributed by atoms with Gasteiger partial charge in [-0.25, -0.2) is 0 Å². The molecule has 0 fully saturated rings. The number of allylic oxidation sites excluding steroid dienone is 12. The molecule has 1 nitrogen and oxygen atoms in total. The first-order valence-electron chi connectivity index (χ1n) is 12.1. The van der Waals surface area contributed by atoms with Crippen LogP contribution in [0.5, 0.6) is 0 Å². The van der Waals surface area contributed by atoms with E-state index in [1.165, 1.54) is 40.7 Å². The molecule has 0 aliphatic heterocycles. The molecule has 0 rings (SSSR count). The van der Waals surface area contributed by atoms with Crippen molar-refractivity contribution in [2.45, 2.75) is 106 Å². The maximum atomic E-state index is 10.6. The van der Waals surface area contributed by atoms with Gasteiger partial charge in [0.05, 0.1) is 0 Å². The minimum atomic E-state index is 0.0221. The van der Waals surface area contributed by atoms with Gasteiger partial charge in [0.25, 0.3) is 0 Å². The van der Waals surface area contributed by atoms with E-state index in [-0.39, 0.29) is 5.92 Å². The van der Waals surface area contributed by atoms with Crippen molar-refractivity contribution >= 4 is 6.29 Å². The van der Waals surface area contributed by atoms with Gasteiger partial charge in [-0.15, -0.1) is 0 Å². The van der Waals surface area contributed by atoms with E-state index in [0.717, 1.165) is 51.2 Å². The van der Waals surface area contributed by atoms with Crippen LogP contribution in [0.3, 0.4) is 0 Å². The van der Waals surface area contributed by atoms with E-state index >= 15 is 0 Å². The van der Waals surface area contributed by atoms with Gasteiger partial charge < -0.3 is 4.79 Å². The van der Waals surface area contributed by atoms with E-state index in [1.54, 1.807) is 0 Å². The summed E-state index contributed by atoms with van der Waals surface area (Å²) in [5.74, 6) is 0.0221. The molecule has 0 aliphatic carbocycles. The van der Waals surface area contributed by atoms with Crippen LogP contribution in [0.4, 0.5) is 0 Å². The van der Waals surface area contributed by atoms with Crippen LogP contribution in [0.25, 0.3) is 0 Å². The number of hydrogen-bond donors (Lipinski definition) is 0. The molecule has 0 bridgehead atoms. The van der Waals surface area contributed by atoms with E-state index < -0.39 is 0 Å². The summed E-state index contributed by atoms with van der Waals surface area (Å²) in [5, 5.41) is 0. The molecule has 0 aromatic heterocycles. The molecule has 0 amide bonds. The van der Waals surface area contributed by atoms with Crippen LogP contribution in [0.15, 0.2) is 70.4 Å². The molecule has 31 heavy (non-hydrogen) atoms. The lowest BCUT2D eigenvalue weighted by Gasteiger charge is -2.02. The molecule has 0 aromatic rings. The minimum Gasteiger partial charge on any atom is -0.303 e. The molecule has 1 atom stereocenters. The average molecular weight is 425 g/mol. The van der Waals surface area contributed by atoms with Gasteiger partial charge in [0.15, 0.2) is 0 Å². The third-order valence-electron chi connectivity index (χ3n) is 5.40. The lowest BCUT2D eigenvalue weighted by molar-refractivity contribution is -0.109. The standard InChI is InChI=1S/C30H48O/c1-25(2)14-10-17-28(5)20-11-18-26(3)15-8-9-16-27(4)19-12-21-29(6)22-13-23-30(7)24-31/h13-16,20-21,23-24,30H,8-12,17-19,22H2,1-7H3. The van der Waals surface area contributed by atoms with Gasteiger partial charge in [0.2, 0.25) is 0 Å². The third kappa shape index (κ3) is 19.8. The molecular formula is C30H48O. The molecule has 0 aromatic carbocycles. The fourth-order valence-electron chi connectivity index (χ4n) is 3.24. The van der Waals surface area contributed by atoms with E-state index in [4.69, 9.17) is 0 Å². The van der Waals surface area contributed by atoms with Crippen LogP contribution in [-0.2, 0) is 4.79 Å². The van der Waals surface area contributed by atoms with Crippen LogP contribution in [0.2, 0.25) is 0 Å². The van der Waals surface area contributed by atoms with Gasteiger partial charge >= 0.3 is 0 Å². The fourth-order valence-corrected chi connectivity index (χ4v) is 3.24. The van der Waals surface area contributed by atoms with Crippen LogP contribution in [-0.4, -0.2) is 6.29 Å². The second kappa shape index (κ2) is 18.8. The zero-order valence-corrected chi connectivity index (χ0v) is 21.5. The van der Waals surface area contributed by atoms with Crippen LogP contribution in [0.1, 0.15) is 106 Å². The summed E-state index contributed by atoms with van der Waals surface area (Å²) in [6.07, 6.45) is 27.0. The summed E-state index contributed by atoms with van der Waals surface area (Å²) in [7, 11) is 0. The summed E-state index contributed by atoms with van der Waals surface area (Å²) >= 11 is 0. The quantitative estimate of drug-likeness (QED) is 0.137. The number of aldehydes is 1. The van der Waals surface area contributed by atoms with Gasteiger partial charge in [-0.3, -0.25) is 0 Å². The molecule has 1 heteroatoms. The van der Waals surface area contributed by atoms with E-state index in [1.807, 2.05) is 13.0 Å². The van der Waals surface area contributed by atoms with Crippen molar-refractivity contribution in [3.63, 3.8) is 0 Å². The SMILES string of the molecule is CC(C)=CCCC(C)=CCCC(C)=CCCC=C(C)CCC=C(C)CC=CC(C)C=O. The zero-order chi connectivity index (χ0) is 23.5. The van der Waals surface area contributed by atoms with E-state index in [0.29, 0.717) is 0 Å². The Kier molecular flexibility index (Phi) is 17.7. The first-order chi connectivity index (χ1) is 14.7. The van der Waals surface area contributed by atoms with Gasteiger partial charge in [-0.1, -0.05) is 77.3 Å². The Labute approximate surface area is 193 Å². The van der Waals surface area contributed by atoms with Crippen molar-refractivity contribution in [1.29, 1.82) is 0 Å². The Morgan fingerprint density at radius 1 is 0.613 bits per heavy atom. The van der Waals surface area contributed by atoms with Crippen molar-refractivity contribution in [2.24, 2.45) is 5.92 Å². The highest BCUT2D eigenvalue weighted by Crippen LogP contribution is 2.14. The molecule has 174 valence electrons. The largest absolute Gasteiger partial charge is 0.303 e. The van der Waals surface area contributed by atoms with Crippen LogP contribution in [0, 0.1) is 5.92 Å². The summed E-state index contributed by atoms with van der Waals surface area (Å²) in [4.78, 5) is 10.6. The second-order valence-corrected chi connectivity index (χ2v) is 9.30. The average Bonchev–Trinajstić information content (AvgIpc) is 2.70. The maximum absolute atomic E-state index is 10.6. The molecular weight excluding hydrogens is 376 g/mol. The second-order valence-electron chi connectivity index (χ2n) is 9.30. The number of carbonyl (C=O) groups is 1. The normalized spacial score (nSPS) is 14.8. The highest BCUT2D eigenvalue weighted by Gasteiger charge is 1.94. The third-order valence-corrected chi connectivity index (χ3v) is 5.40. The molecule has 0 saturated heterocycles. The predicted molar refractivity (Wildman–Crippen MR) is 140 cm³/mol. The first kappa shape index (κ1) is 29.1.